The summed E-state index contributed by atoms with van der Waals surface area (Å²) in [5.74, 6) is 0.840. The van der Waals surface area contributed by atoms with E-state index in [0.717, 1.165) is 12.1 Å². The number of rotatable bonds is 3. The number of methoxy groups -OCH3 is 1. The fourth-order valence-corrected chi connectivity index (χ4v) is 1.50. The molecule has 0 saturated carbocycles. The van der Waals surface area contributed by atoms with E-state index in [0.29, 0.717) is 23.4 Å². The van der Waals surface area contributed by atoms with Crippen LogP contribution >= 0.6 is 0 Å². The summed E-state index contributed by atoms with van der Waals surface area (Å²) < 4.78 is 47.5. The predicted molar refractivity (Wildman–Crippen MR) is 66.7 cm³/mol. The minimum atomic E-state index is -4.42. The Hall–Kier alpha value is -2.44. The van der Waals surface area contributed by atoms with Crippen molar-refractivity contribution >= 4 is 5.69 Å². The standard InChI is InChI=1S/C13H11F3N2O2/c1-19-10-4-9(17)5-11(6-10)20-12-3-2-8(7-18-12)13(14,15)16/h2-7H,17H2,1H3. The number of pyridine rings is 1. The highest BCUT2D eigenvalue weighted by Gasteiger charge is 2.30. The van der Waals surface area contributed by atoms with E-state index in [4.69, 9.17) is 15.2 Å². The van der Waals surface area contributed by atoms with Gasteiger partial charge in [-0.05, 0) is 6.07 Å². The molecule has 0 radical (unpaired) electrons. The third kappa shape index (κ3) is 3.31. The number of hydrogen-bond acceptors (Lipinski definition) is 4. The number of halogens is 3. The number of benzene rings is 1. The van der Waals surface area contributed by atoms with Crippen LogP contribution < -0.4 is 15.2 Å². The van der Waals surface area contributed by atoms with Crippen molar-refractivity contribution in [1.82, 2.24) is 4.98 Å². The third-order valence-electron chi connectivity index (χ3n) is 2.42. The van der Waals surface area contributed by atoms with E-state index in [1.165, 1.54) is 13.2 Å². The highest BCUT2D eigenvalue weighted by molar-refractivity contribution is 5.51. The number of ether oxygens (including phenoxy) is 2. The topological polar surface area (TPSA) is 57.4 Å². The molecule has 0 atom stereocenters. The molecule has 0 aliphatic heterocycles. The quantitative estimate of drug-likeness (QED) is 0.877. The molecule has 2 aromatic rings. The molecule has 7 heteroatoms. The maximum atomic E-state index is 12.4. The first-order valence-corrected chi connectivity index (χ1v) is 5.54. The number of nitrogens with zero attached hydrogens (tertiary/aromatic N) is 1. The van der Waals surface area contributed by atoms with Gasteiger partial charge in [0, 0.05) is 36.1 Å². The summed E-state index contributed by atoms with van der Waals surface area (Å²) in [4.78, 5) is 3.60. The molecule has 4 nitrogen and oxygen atoms in total. The molecule has 0 fully saturated rings. The molecular formula is C13H11F3N2O2. The Balaban J connectivity index is 2.20. The zero-order chi connectivity index (χ0) is 14.8. The Morgan fingerprint density at radius 3 is 2.35 bits per heavy atom. The normalized spacial score (nSPS) is 11.2. The van der Waals surface area contributed by atoms with Crippen LogP contribution in [0.3, 0.4) is 0 Å². The summed E-state index contributed by atoms with van der Waals surface area (Å²) in [6, 6.07) is 6.69. The largest absolute Gasteiger partial charge is 0.497 e. The second-order valence-corrected chi connectivity index (χ2v) is 3.93. The molecule has 2 rings (SSSR count). The second-order valence-electron chi connectivity index (χ2n) is 3.93. The number of nitrogen functional groups attached to an aromatic ring is 1. The predicted octanol–water partition coefficient (Wildman–Crippen LogP) is 3.48. The Kier molecular flexibility index (Phi) is 3.69. The first kappa shape index (κ1) is 14.0. The maximum Gasteiger partial charge on any atom is 0.417 e. The molecule has 0 saturated heterocycles. The van der Waals surface area contributed by atoms with Crippen molar-refractivity contribution in [3.05, 3.63) is 42.1 Å². The number of alkyl halides is 3. The molecule has 1 aromatic carbocycles. The van der Waals surface area contributed by atoms with Gasteiger partial charge < -0.3 is 15.2 Å². The van der Waals surface area contributed by atoms with Crippen LogP contribution in [0.25, 0.3) is 0 Å². The van der Waals surface area contributed by atoms with Crippen molar-refractivity contribution in [2.45, 2.75) is 6.18 Å². The Bertz CT molecular complexity index is 598. The summed E-state index contributed by atoms with van der Waals surface area (Å²) in [5.41, 5.74) is 5.21. The van der Waals surface area contributed by atoms with Gasteiger partial charge in [0.05, 0.1) is 12.7 Å². The van der Waals surface area contributed by atoms with Crippen molar-refractivity contribution in [1.29, 1.82) is 0 Å². The summed E-state index contributed by atoms with van der Waals surface area (Å²) in [5, 5.41) is 0. The van der Waals surface area contributed by atoms with Crippen molar-refractivity contribution in [2.75, 3.05) is 12.8 Å². The van der Waals surface area contributed by atoms with Crippen LogP contribution in [0.1, 0.15) is 5.56 Å². The summed E-state index contributed by atoms with van der Waals surface area (Å²) in [7, 11) is 1.47. The number of hydrogen-bond donors (Lipinski definition) is 1. The van der Waals surface area contributed by atoms with Crippen molar-refractivity contribution in [3.63, 3.8) is 0 Å². The van der Waals surface area contributed by atoms with Gasteiger partial charge in [0.15, 0.2) is 0 Å². The zero-order valence-corrected chi connectivity index (χ0v) is 10.4. The smallest absolute Gasteiger partial charge is 0.417 e. The molecule has 106 valence electrons. The fourth-order valence-electron chi connectivity index (χ4n) is 1.50. The molecule has 20 heavy (non-hydrogen) atoms. The SMILES string of the molecule is COc1cc(N)cc(Oc2ccc(C(F)(F)F)cn2)c1. The van der Waals surface area contributed by atoms with Crippen molar-refractivity contribution in [2.24, 2.45) is 0 Å². The number of anilines is 1. The van der Waals surface area contributed by atoms with Crippen molar-refractivity contribution in [3.8, 4) is 17.4 Å². The van der Waals surface area contributed by atoms with Gasteiger partial charge in [0.25, 0.3) is 0 Å². The summed E-state index contributed by atoms with van der Waals surface area (Å²) >= 11 is 0. The first-order chi connectivity index (χ1) is 9.38. The molecular weight excluding hydrogens is 273 g/mol. The van der Waals surface area contributed by atoms with Crippen LogP contribution in [-0.2, 0) is 6.18 Å². The van der Waals surface area contributed by atoms with Gasteiger partial charge in [-0.15, -0.1) is 0 Å². The first-order valence-electron chi connectivity index (χ1n) is 5.54. The van der Waals surface area contributed by atoms with E-state index < -0.39 is 11.7 Å². The third-order valence-corrected chi connectivity index (χ3v) is 2.42. The van der Waals surface area contributed by atoms with Crippen LogP contribution in [-0.4, -0.2) is 12.1 Å². The van der Waals surface area contributed by atoms with Crippen LogP contribution in [0.2, 0.25) is 0 Å². The van der Waals surface area contributed by atoms with Gasteiger partial charge in [-0.25, -0.2) is 4.98 Å². The lowest BCUT2D eigenvalue weighted by Crippen LogP contribution is -2.05. The average molecular weight is 284 g/mol. The van der Waals surface area contributed by atoms with Gasteiger partial charge in [0.1, 0.15) is 11.5 Å². The molecule has 0 spiro atoms. The van der Waals surface area contributed by atoms with Gasteiger partial charge >= 0.3 is 6.18 Å². The van der Waals surface area contributed by atoms with Crippen LogP contribution in [0.4, 0.5) is 18.9 Å². The summed E-state index contributed by atoms with van der Waals surface area (Å²) in [6.07, 6.45) is -3.72. The van der Waals surface area contributed by atoms with E-state index in [9.17, 15) is 13.2 Å². The van der Waals surface area contributed by atoms with Crippen molar-refractivity contribution < 1.29 is 22.6 Å². The Labute approximate surface area is 113 Å². The maximum absolute atomic E-state index is 12.4. The average Bonchev–Trinajstić information content (AvgIpc) is 2.37. The fraction of sp³-hybridized carbons (Fsp3) is 0.154. The van der Waals surface area contributed by atoms with Gasteiger partial charge in [0.2, 0.25) is 5.88 Å². The monoisotopic (exact) mass is 284 g/mol. The lowest BCUT2D eigenvalue weighted by molar-refractivity contribution is -0.137. The summed E-state index contributed by atoms with van der Waals surface area (Å²) in [6.45, 7) is 0. The molecule has 0 aliphatic rings. The Morgan fingerprint density at radius 2 is 1.80 bits per heavy atom. The molecule has 0 unspecified atom stereocenters. The molecule has 0 aliphatic carbocycles. The lowest BCUT2D eigenvalue weighted by atomic mass is 10.2. The molecule has 0 amide bonds. The zero-order valence-electron chi connectivity index (χ0n) is 10.4. The Morgan fingerprint density at radius 1 is 1.10 bits per heavy atom. The van der Waals surface area contributed by atoms with E-state index in [1.54, 1.807) is 12.1 Å². The molecule has 1 aromatic heterocycles. The van der Waals surface area contributed by atoms with Crippen LogP contribution in [0, 0.1) is 0 Å². The molecule has 2 N–H and O–H groups in total. The molecule has 1 heterocycles. The van der Waals surface area contributed by atoms with Gasteiger partial charge in [-0.1, -0.05) is 0 Å². The lowest BCUT2D eigenvalue weighted by Gasteiger charge is -2.09. The highest BCUT2D eigenvalue weighted by Crippen LogP contribution is 2.31. The van der Waals surface area contributed by atoms with Crippen LogP contribution in [0.15, 0.2) is 36.5 Å². The highest BCUT2D eigenvalue weighted by atomic mass is 19.4. The van der Waals surface area contributed by atoms with E-state index in [1.807, 2.05) is 0 Å². The van der Waals surface area contributed by atoms with Crippen LogP contribution in [0.5, 0.6) is 17.4 Å². The minimum absolute atomic E-state index is 0.0330. The molecule has 0 bridgehead atoms. The van der Waals surface area contributed by atoms with E-state index in [-0.39, 0.29) is 5.88 Å². The minimum Gasteiger partial charge on any atom is -0.497 e. The van der Waals surface area contributed by atoms with E-state index >= 15 is 0 Å². The van der Waals surface area contributed by atoms with E-state index in [2.05, 4.69) is 4.98 Å². The van der Waals surface area contributed by atoms with Gasteiger partial charge in [-0.3, -0.25) is 0 Å². The number of aromatic nitrogens is 1. The van der Waals surface area contributed by atoms with Gasteiger partial charge in [-0.2, -0.15) is 13.2 Å². The number of nitrogens with two attached hydrogens (primary N) is 1. The second kappa shape index (κ2) is 5.28.